The predicted molar refractivity (Wildman–Crippen MR) is 79.4 cm³/mol. The van der Waals surface area contributed by atoms with E-state index in [0.29, 0.717) is 0 Å². The number of nitro groups is 1. The summed E-state index contributed by atoms with van der Waals surface area (Å²) in [7, 11) is 3.03. The highest BCUT2D eigenvalue weighted by atomic mass is 16.6. The molecule has 9 heteroatoms. The van der Waals surface area contributed by atoms with Gasteiger partial charge in [-0.1, -0.05) is 12.1 Å². The third kappa shape index (κ3) is 2.85. The first-order valence-electron chi connectivity index (χ1n) is 6.76. The lowest BCUT2D eigenvalue weighted by Crippen LogP contribution is -2.43. The maximum Gasteiger partial charge on any atom is 0.325 e. The van der Waals surface area contributed by atoms with Gasteiger partial charge in [0, 0.05) is 26.2 Å². The fourth-order valence-electron chi connectivity index (χ4n) is 2.24. The molecule has 23 heavy (non-hydrogen) atoms. The molecule has 9 nitrogen and oxygen atoms in total. The van der Waals surface area contributed by atoms with Crippen LogP contribution in [0.15, 0.2) is 24.3 Å². The number of nitro benzene ring substituents is 1. The number of likely N-dealkylation sites (N-methyl/N-ethyl adjacent to an activating group) is 1. The van der Waals surface area contributed by atoms with Crippen molar-refractivity contribution >= 4 is 23.5 Å². The van der Waals surface area contributed by atoms with E-state index in [9.17, 15) is 24.5 Å². The molecule has 0 aromatic heterocycles. The highest BCUT2D eigenvalue weighted by Crippen LogP contribution is 2.30. The molecule has 1 saturated heterocycles. The van der Waals surface area contributed by atoms with E-state index >= 15 is 0 Å². The van der Waals surface area contributed by atoms with E-state index in [1.807, 2.05) is 0 Å². The molecule has 0 saturated carbocycles. The van der Waals surface area contributed by atoms with Crippen LogP contribution >= 0.6 is 0 Å². The zero-order valence-electron chi connectivity index (χ0n) is 12.9. The first-order valence-corrected chi connectivity index (χ1v) is 6.76. The summed E-state index contributed by atoms with van der Waals surface area (Å²) in [5, 5.41) is 13.4. The number of benzene rings is 1. The van der Waals surface area contributed by atoms with Gasteiger partial charge in [0.05, 0.1) is 4.92 Å². The predicted octanol–water partition coefficient (Wildman–Crippen LogP) is 0.450. The molecule has 1 unspecified atom stereocenters. The van der Waals surface area contributed by atoms with E-state index in [0.717, 1.165) is 4.90 Å². The third-order valence-electron chi connectivity index (χ3n) is 3.70. The Labute approximate surface area is 132 Å². The van der Waals surface area contributed by atoms with Gasteiger partial charge in [0.1, 0.15) is 12.1 Å². The second-order valence-electron chi connectivity index (χ2n) is 5.54. The second kappa shape index (κ2) is 5.67. The molecule has 2 rings (SSSR count). The van der Waals surface area contributed by atoms with Crippen LogP contribution < -0.4 is 5.32 Å². The minimum Gasteiger partial charge on any atom is -0.347 e. The molecule has 1 N–H and O–H groups in total. The van der Waals surface area contributed by atoms with Crippen molar-refractivity contribution in [1.82, 2.24) is 15.1 Å². The monoisotopic (exact) mass is 320 g/mol. The zero-order valence-corrected chi connectivity index (χ0v) is 12.9. The summed E-state index contributed by atoms with van der Waals surface area (Å²) in [4.78, 5) is 48.7. The average Bonchev–Trinajstić information content (AvgIpc) is 2.71. The number of carbonyl (C=O) groups is 3. The van der Waals surface area contributed by atoms with Crippen LogP contribution in [0.25, 0.3) is 0 Å². The Balaban J connectivity index is 2.34. The van der Waals surface area contributed by atoms with Gasteiger partial charge in [0.25, 0.3) is 11.6 Å². The van der Waals surface area contributed by atoms with Gasteiger partial charge in [0.15, 0.2) is 0 Å². The van der Waals surface area contributed by atoms with Crippen molar-refractivity contribution in [2.45, 2.75) is 12.5 Å². The van der Waals surface area contributed by atoms with Crippen molar-refractivity contribution in [1.29, 1.82) is 0 Å². The van der Waals surface area contributed by atoms with E-state index in [1.165, 1.54) is 50.2 Å². The number of hydrogen-bond donors (Lipinski definition) is 1. The van der Waals surface area contributed by atoms with Gasteiger partial charge >= 0.3 is 6.03 Å². The molecule has 1 aliphatic heterocycles. The number of carbonyl (C=O) groups excluding carboxylic acids is 3. The maximum absolute atomic E-state index is 12.6. The van der Waals surface area contributed by atoms with Crippen LogP contribution in [-0.2, 0) is 15.1 Å². The molecular weight excluding hydrogens is 304 g/mol. The van der Waals surface area contributed by atoms with Crippen LogP contribution in [0, 0.1) is 10.1 Å². The van der Waals surface area contributed by atoms with Gasteiger partial charge in [-0.05, 0) is 12.5 Å². The van der Waals surface area contributed by atoms with Gasteiger partial charge in [-0.15, -0.1) is 0 Å². The minimum absolute atomic E-state index is 0.186. The lowest BCUT2D eigenvalue weighted by Gasteiger charge is -2.22. The van der Waals surface area contributed by atoms with E-state index in [2.05, 4.69) is 5.32 Å². The molecule has 4 amide bonds. The van der Waals surface area contributed by atoms with Crippen molar-refractivity contribution in [3.8, 4) is 0 Å². The molecule has 1 heterocycles. The molecule has 1 aromatic rings. The molecule has 1 aromatic carbocycles. The standard InChI is InChI=1S/C14H16N4O5/c1-14(9-5-4-6-10(7-9)18(22)23)12(20)17(13(21)15-14)8-11(19)16(2)3/h4-7H,8H2,1-3H3,(H,15,21). The quantitative estimate of drug-likeness (QED) is 0.491. The van der Waals surface area contributed by atoms with Crippen molar-refractivity contribution in [3.05, 3.63) is 39.9 Å². The number of nitrogens with zero attached hydrogens (tertiary/aromatic N) is 3. The summed E-state index contributed by atoms with van der Waals surface area (Å²) in [6, 6.07) is 4.77. The van der Waals surface area contributed by atoms with Crippen LogP contribution in [-0.4, -0.2) is 53.2 Å². The molecule has 1 aliphatic rings. The molecule has 0 bridgehead atoms. The van der Waals surface area contributed by atoms with Gasteiger partial charge in [-0.3, -0.25) is 24.6 Å². The number of hydrogen-bond acceptors (Lipinski definition) is 5. The van der Waals surface area contributed by atoms with Crippen molar-refractivity contribution < 1.29 is 19.3 Å². The lowest BCUT2D eigenvalue weighted by atomic mass is 9.91. The first kappa shape index (κ1) is 16.4. The number of urea groups is 1. The Kier molecular flexibility index (Phi) is 4.04. The highest BCUT2D eigenvalue weighted by Gasteiger charge is 2.49. The van der Waals surface area contributed by atoms with Gasteiger partial charge < -0.3 is 10.2 Å². The highest BCUT2D eigenvalue weighted by molar-refractivity contribution is 6.09. The molecule has 1 atom stereocenters. The van der Waals surface area contributed by atoms with Crippen LogP contribution in [0.2, 0.25) is 0 Å². The zero-order chi connectivity index (χ0) is 17.4. The van der Waals surface area contributed by atoms with Gasteiger partial charge in [-0.2, -0.15) is 0 Å². The summed E-state index contributed by atoms with van der Waals surface area (Å²) in [5.74, 6) is -1.03. The van der Waals surface area contributed by atoms with Crippen molar-refractivity contribution in [2.75, 3.05) is 20.6 Å². The summed E-state index contributed by atoms with van der Waals surface area (Å²) >= 11 is 0. The van der Waals surface area contributed by atoms with E-state index in [-0.39, 0.29) is 17.8 Å². The SMILES string of the molecule is CN(C)C(=O)CN1C(=O)NC(C)(c2cccc([N+](=O)[O-])c2)C1=O. The Hall–Kier alpha value is -2.97. The summed E-state index contributed by atoms with van der Waals surface area (Å²) < 4.78 is 0. The summed E-state index contributed by atoms with van der Waals surface area (Å²) in [5.41, 5.74) is -1.35. The van der Waals surface area contributed by atoms with Crippen LogP contribution in [0.3, 0.4) is 0 Å². The van der Waals surface area contributed by atoms with E-state index < -0.39 is 28.3 Å². The number of imide groups is 1. The smallest absolute Gasteiger partial charge is 0.325 e. The van der Waals surface area contributed by atoms with Crippen molar-refractivity contribution in [2.24, 2.45) is 0 Å². The lowest BCUT2D eigenvalue weighted by molar-refractivity contribution is -0.385. The summed E-state index contributed by atoms with van der Waals surface area (Å²) in [6.45, 7) is 1.06. The fraction of sp³-hybridized carbons (Fsp3) is 0.357. The van der Waals surface area contributed by atoms with Crippen LogP contribution in [0.1, 0.15) is 12.5 Å². The van der Waals surface area contributed by atoms with Gasteiger partial charge in [-0.25, -0.2) is 4.79 Å². The van der Waals surface area contributed by atoms with E-state index in [4.69, 9.17) is 0 Å². The molecular formula is C14H16N4O5. The Morgan fingerprint density at radius 2 is 2.04 bits per heavy atom. The Morgan fingerprint density at radius 3 is 2.61 bits per heavy atom. The third-order valence-corrected chi connectivity index (χ3v) is 3.70. The number of rotatable bonds is 4. The topological polar surface area (TPSA) is 113 Å². The first-order chi connectivity index (χ1) is 10.7. The number of amides is 4. The number of non-ortho nitro benzene ring substituents is 1. The molecule has 0 aliphatic carbocycles. The Morgan fingerprint density at radius 1 is 1.39 bits per heavy atom. The van der Waals surface area contributed by atoms with Gasteiger partial charge in [0.2, 0.25) is 5.91 Å². The Bertz CT molecular complexity index is 702. The summed E-state index contributed by atoms with van der Waals surface area (Å²) in [6.07, 6.45) is 0. The molecule has 1 fully saturated rings. The molecule has 0 radical (unpaired) electrons. The van der Waals surface area contributed by atoms with Crippen LogP contribution in [0.5, 0.6) is 0 Å². The van der Waals surface area contributed by atoms with Crippen molar-refractivity contribution in [3.63, 3.8) is 0 Å². The fourth-order valence-corrected chi connectivity index (χ4v) is 2.24. The second-order valence-corrected chi connectivity index (χ2v) is 5.54. The number of nitrogens with one attached hydrogen (secondary N) is 1. The average molecular weight is 320 g/mol. The maximum atomic E-state index is 12.6. The molecule has 0 spiro atoms. The van der Waals surface area contributed by atoms with Crippen LogP contribution in [0.4, 0.5) is 10.5 Å². The largest absolute Gasteiger partial charge is 0.347 e. The van der Waals surface area contributed by atoms with E-state index in [1.54, 1.807) is 0 Å². The minimum atomic E-state index is -1.45. The normalized spacial score (nSPS) is 20.4. The molecule has 122 valence electrons.